The van der Waals surface area contributed by atoms with Gasteiger partial charge in [0.1, 0.15) is 0 Å². The van der Waals surface area contributed by atoms with Gasteiger partial charge in [0, 0.05) is 37.6 Å². The highest BCUT2D eigenvalue weighted by Crippen LogP contribution is 2.18. The lowest BCUT2D eigenvalue weighted by atomic mass is 9.90. The fourth-order valence-electron chi connectivity index (χ4n) is 3.06. The number of Topliss-reactive ketones (excluding diaryl/α,β-unsaturated/α-hetero) is 1. The van der Waals surface area contributed by atoms with Crippen LogP contribution in [0.3, 0.4) is 0 Å². The lowest BCUT2D eigenvalue weighted by Crippen LogP contribution is -2.54. The lowest BCUT2D eigenvalue weighted by molar-refractivity contribution is -0.127. The summed E-state index contributed by atoms with van der Waals surface area (Å²) >= 11 is 0. The topological polar surface area (TPSA) is 52.7 Å². The zero-order chi connectivity index (χ0) is 16.2. The van der Waals surface area contributed by atoms with Crippen LogP contribution < -0.4 is 5.32 Å². The van der Waals surface area contributed by atoms with Crippen molar-refractivity contribution in [2.45, 2.75) is 58.9 Å². The van der Waals surface area contributed by atoms with Gasteiger partial charge in [0.2, 0.25) is 0 Å². The number of hydrogen-bond acceptors (Lipinski definition) is 3. The second kappa shape index (κ2) is 7.44. The van der Waals surface area contributed by atoms with E-state index in [-0.39, 0.29) is 17.2 Å². The highest BCUT2D eigenvalue weighted by molar-refractivity contribution is 5.85. The van der Waals surface area contributed by atoms with Crippen molar-refractivity contribution < 1.29 is 9.59 Å². The van der Waals surface area contributed by atoms with Gasteiger partial charge in [0.05, 0.1) is 6.54 Å². The van der Waals surface area contributed by atoms with E-state index < -0.39 is 0 Å². The van der Waals surface area contributed by atoms with E-state index in [4.69, 9.17) is 0 Å². The van der Waals surface area contributed by atoms with E-state index in [1.54, 1.807) is 0 Å². The average Bonchev–Trinajstić information content (AvgIpc) is 2.48. The summed E-state index contributed by atoms with van der Waals surface area (Å²) in [5.41, 5.74) is -0.282. The Morgan fingerprint density at radius 2 is 1.59 bits per heavy atom. The summed E-state index contributed by atoms with van der Waals surface area (Å²) in [6, 6.07) is 0.440. The molecule has 0 bridgehead atoms. The van der Waals surface area contributed by atoms with Crippen LogP contribution in [0.4, 0.5) is 4.79 Å². The number of nitrogens with one attached hydrogen (secondary N) is 1. The number of nitrogens with zero attached hydrogens (tertiary/aromatic N) is 2. The fourth-order valence-corrected chi connectivity index (χ4v) is 3.06. The van der Waals surface area contributed by atoms with Crippen LogP contribution >= 0.6 is 0 Å². The number of carbonyl (C=O) groups excluding carboxylic acids is 2. The van der Waals surface area contributed by atoms with E-state index in [0.717, 1.165) is 39.0 Å². The third kappa shape index (κ3) is 4.97. The second-order valence-electron chi connectivity index (χ2n) is 7.72. The Hall–Kier alpha value is -1.10. The zero-order valence-electron chi connectivity index (χ0n) is 14.4. The predicted octanol–water partition coefficient (Wildman–Crippen LogP) is 2.26. The number of urea groups is 1. The minimum atomic E-state index is -0.282. The predicted molar refractivity (Wildman–Crippen MR) is 87.9 cm³/mol. The Labute approximate surface area is 134 Å². The molecule has 0 radical (unpaired) electrons. The Morgan fingerprint density at radius 1 is 1.00 bits per heavy atom. The summed E-state index contributed by atoms with van der Waals surface area (Å²) in [5, 5.41) is 3.17. The maximum absolute atomic E-state index is 12.3. The van der Waals surface area contributed by atoms with Crippen molar-refractivity contribution in [3.63, 3.8) is 0 Å². The summed E-state index contributed by atoms with van der Waals surface area (Å²) < 4.78 is 0. The third-order valence-electron chi connectivity index (χ3n) is 4.80. The van der Waals surface area contributed by atoms with Crippen molar-refractivity contribution in [2.24, 2.45) is 5.41 Å². The molecule has 1 N–H and O–H groups in total. The molecule has 1 saturated carbocycles. The van der Waals surface area contributed by atoms with Gasteiger partial charge in [0.25, 0.3) is 0 Å². The molecule has 2 aliphatic rings. The summed E-state index contributed by atoms with van der Waals surface area (Å²) in [7, 11) is 0. The Balaban J connectivity index is 1.72. The van der Waals surface area contributed by atoms with Crippen molar-refractivity contribution >= 4 is 11.8 Å². The molecule has 0 unspecified atom stereocenters. The molecular formula is C17H31N3O2. The van der Waals surface area contributed by atoms with Gasteiger partial charge < -0.3 is 10.2 Å². The van der Waals surface area contributed by atoms with Crippen LogP contribution in [0.5, 0.6) is 0 Å². The van der Waals surface area contributed by atoms with Gasteiger partial charge in [0.15, 0.2) is 5.78 Å². The number of piperazine rings is 1. The molecule has 0 atom stereocenters. The van der Waals surface area contributed by atoms with Crippen molar-refractivity contribution in [3.05, 3.63) is 0 Å². The van der Waals surface area contributed by atoms with Crippen LogP contribution in [0, 0.1) is 5.41 Å². The van der Waals surface area contributed by atoms with Gasteiger partial charge in [-0.2, -0.15) is 0 Å². The molecule has 0 aromatic rings. The lowest BCUT2D eigenvalue weighted by Gasteiger charge is -2.36. The molecule has 1 heterocycles. The van der Waals surface area contributed by atoms with Crippen LogP contribution in [0.25, 0.3) is 0 Å². The molecule has 1 aliphatic carbocycles. The SMILES string of the molecule is CC(C)(C)C(=O)CN1CCN(C(=O)NC2CCCCC2)CC1. The van der Waals surface area contributed by atoms with E-state index >= 15 is 0 Å². The summed E-state index contributed by atoms with van der Waals surface area (Å²) in [6.45, 7) is 9.41. The summed E-state index contributed by atoms with van der Waals surface area (Å²) in [6.07, 6.45) is 5.99. The number of hydrogen-bond donors (Lipinski definition) is 1. The molecule has 2 rings (SSSR count). The quantitative estimate of drug-likeness (QED) is 0.870. The Kier molecular flexibility index (Phi) is 5.84. The molecule has 126 valence electrons. The van der Waals surface area contributed by atoms with Crippen LogP contribution in [-0.4, -0.2) is 60.4 Å². The van der Waals surface area contributed by atoms with E-state index in [1.165, 1.54) is 19.3 Å². The molecule has 5 nitrogen and oxygen atoms in total. The third-order valence-corrected chi connectivity index (χ3v) is 4.80. The first-order valence-corrected chi connectivity index (χ1v) is 8.67. The van der Waals surface area contributed by atoms with Crippen LogP contribution in [0.1, 0.15) is 52.9 Å². The fraction of sp³-hybridized carbons (Fsp3) is 0.882. The molecule has 1 saturated heterocycles. The highest BCUT2D eigenvalue weighted by atomic mass is 16.2. The minimum Gasteiger partial charge on any atom is -0.335 e. The van der Waals surface area contributed by atoms with Crippen molar-refractivity contribution in [1.29, 1.82) is 0 Å². The van der Waals surface area contributed by atoms with E-state index in [2.05, 4.69) is 10.2 Å². The van der Waals surface area contributed by atoms with Crippen LogP contribution in [0.15, 0.2) is 0 Å². The van der Waals surface area contributed by atoms with Crippen molar-refractivity contribution in [1.82, 2.24) is 15.1 Å². The average molecular weight is 309 g/mol. The van der Waals surface area contributed by atoms with Gasteiger partial charge in [-0.1, -0.05) is 40.0 Å². The monoisotopic (exact) mass is 309 g/mol. The maximum Gasteiger partial charge on any atom is 0.317 e. The van der Waals surface area contributed by atoms with Gasteiger partial charge in [-0.25, -0.2) is 4.79 Å². The molecule has 2 amide bonds. The molecule has 22 heavy (non-hydrogen) atoms. The first-order valence-electron chi connectivity index (χ1n) is 8.67. The van der Waals surface area contributed by atoms with Crippen LogP contribution in [-0.2, 0) is 4.79 Å². The minimum absolute atomic E-state index is 0.0775. The number of amides is 2. The normalized spacial score (nSPS) is 21.7. The van der Waals surface area contributed by atoms with E-state index in [9.17, 15) is 9.59 Å². The second-order valence-corrected chi connectivity index (χ2v) is 7.72. The summed E-state index contributed by atoms with van der Waals surface area (Å²) in [5.74, 6) is 0.271. The van der Waals surface area contributed by atoms with Gasteiger partial charge >= 0.3 is 6.03 Å². The molecular weight excluding hydrogens is 278 g/mol. The van der Waals surface area contributed by atoms with Crippen LogP contribution in [0.2, 0.25) is 0 Å². The number of ketones is 1. The highest BCUT2D eigenvalue weighted by Gasteiger charge is 2.27. The first kappa shape index (κ1) is 17.3. The van der Waals surface area contributed by atoms with Gasteiger partial charge in [-0.15, -0.1) is 0 Å². The molecule has 5 heteroatoms. The van der Waals surface area contributed by atoms with Gasteiger partial charge in [-0.05, 0) is 12.8 Å². The zero-order valence-corrected chi connectivity index (χ0v) is 14.4. The molecule has 0 spiro atoms. The first-order chi connectivity index (χ1) is 10.4. The maximum atomic E-state index is 12.3. The van der Waals surface area contributed by atoms with Crippen molar-refractivity contribution in [2.75, 3.05) is 32.7 Å². The number of carbonyl (C=O) groups is 2. The summed E-state index contributed by atoms with van der Waals surface area (Å²) in [4.78, 5) is 28.4. The van der Waals surface area contributed by atoms with E-state index in [1.807, 2.05) is 25.7 Å². The standard InChI is InChI=1S/C17H31N3O2/c1-17(2,3)15(21)13-19-9-11-20(12-10-19)16(22)18-14-7-5-4-6-8-14/h14H,4-13H2,1-3H3,(H,18,22). The Morgan fingerprint density at radius 3 is 2.14 bits per heavy atom. The Bertz CT molecular complexity index is 389. The van der Waals surface area contributed by atoms with E-state index in [0.29, 0.717) is 12.6 Å². The number of rotatable bonds is 3. The molecule has 0 aromatic heterocycles. The largest absolute Gasteiger partial charge is 0.335 e. The molecule has 0 aromatic carbocycles. The smallest absolute Gasteiger partial charge is 0.317 e. The molecule has 2 fully saturated rings. The van der Waals surface area contributed by atoms with Crippen molar-refractivity contribution in [3.8, 4) is 0 Å². The molecule has 1 aliphatic heterocycles. The van der Waals surface area contributed by atoms with Gasteiger partial charge in [-0.3, -0.25) is 9.69 Å².